The molecule has 6 heteroatoms. The van der Waals surface area contributed by atoms with Crippen molar-refractivity contribution in [2.45, 2.75) is 27.8 Å². The first-order valence-electron chi connectivity index (χ1n) is 3.78. The second kappa shape index (κ2) is 5.47. The van der Waals surface area contributed by atoms with Crippen molar-refractivity contribution in [3.63, 3.8) is 0 Å². The third-order valence-corrected chi connectivity index (χ3v) is 4.13. The van der Waals surface area contributed by atoms with Gasteiger partial charge >= 0.3 is 0 Å². The van der Waals surface area contributed by atoms with Gasteiger partial charge < -0.3 is 0 Å². The molecule has 0 amide bonds. The Kier molecular flexibility index (Phi) is 4.56. The van der Waals surface area contributed by atoms with Crippen LogP contribution in [0.4, 0.5) is 0 Å². The molecule has 0 aliphatic heterocycles. The summed E-state index contributed by atoms with van der Waals surface area (Å²) in [6.45, 7) is 3.94. The third kappa shape index (κ3) is 3.55. The average Bonchev–Trinajstić information content (AvgIpc) is 2.53. The second-order valence-corrected chi connectivity index (χ2v) is 6.23. The maximum Gasteiger partial charge on any atom is 0.176 e. The van der Waals surface area contributed by atoms with Gasteiger partial charge in [0, 0.05) is 0 Å². The normalized spacial score (nSPS) is 12.4. The highest BCUT2D eigenvalue weighted by Crippen LogP contribution is 2.30. The van der Waals surface area contributed by atoms with Crippen LogP contribution >= 0.6 is 34.9 Å². The minimum Gasteiger partial charge on any atom is -0.197 e. The number of aromatic nitrogens is 2. The van der Waals surface area contributed by atoms with Gasteiger partial charge in [0.15, 0.2) is 8.68 Å². The lowest BCUT2D eigenvalue weighted by Crippen LogP contribution is -1.88. The Balaban J connectivity index is 2.54. The van der Waals surface area contributed by atoms with Gasteiger partial charge in [0.05, 0.1) is 11.3 Å². The summed E-state index contributed by atoms with van der Waals surface area (Å²) in [5.41, 5.74) is 0. The molecule has 1 aromatic heterocycles. The summed E-state index contributed by atoms with van der Waals surface area (Å²) >= 11 is 4.69. The zero-order valence-corrected chi connectivity index (χ0v) is 9.80. The van der Waals surface area contributed by atoms with E-state index >= 15 is 0 Å². The van der Waals surface area contributed by atoms with Crippen molar-refractivity contribution in [3.05, 3.63) is 0 Å². The number of nitrogens with zero attached hydrogens (tertiary/aromatic N) is 3. The fraction of sp³-hybridized carbons (Fsp3) is 0.571. The topological polar surface area (TPSA) is 49.6 Å². The Morgan fingerprint density at radius 1 is 1.54 bits per heavy atom. The molecule has 1 atom stereocenters. The largest absolute Gasteiger partial charge is 0.197 e. The summed E-state index contributed by atoms with van der Waals surface area (Å²) in [6, 6.07) is 2.15. The molecule has 1 rings (SSSR count). The lowest BCUT2D eigenvalue weighted by atomic mass is 10.5. The van der Waals surface area contributed by atoms with E-state index in [1.165, 1.54) is 11.8 Å². The SMILES string of the molecule is CCSc1nnc(SC(C)C#N)s1. The van der Waals surface area contributed by atoms with Gasteiger partial charge in [0.1, 0.15) is 0 Å². The van der Waals surface area contributed by atoms with Crippen molar-refractivity contribution < 1.29 is 0 Å². The summed E-state index contributed by atoms with van der Waals surface area (Å²) in [5, 5.41) is 16.5. The first-order chi connectivity index (χ1) is 6.26. The Labute approximate surface area is 89.9 Å². The molecule has 0 aliphatic rings. The lowest BCUT2D eigenvalue weighted by molar-refractivity contribution is 0.953. The second-order valence-electron chi connectivity index (χ2n) is 2.16. The van der Waals surface area contributed by atoms with E-state index in [1.807, 2.05) is 6.92 Å². The standard InChI is InChI=1S/C7H9N3S3/c1-3-11-6-9-10-7(13-6)12-5(2)4-8/h5H,3H2,1-2H3. The van der Waals surface area contributed by atoms with Crippen LogP contribution in [0.5, 0.6) is 0 Å². The van der Waals surface area contributed by atoms with Crippen molar-refractivity contribution in [3.8, 4) is 6.07 Å². The van der Waals surface area contributed by atoms with E-state index < -0.39 is 0 Å². The van der Waals surface area contributed by atoms with Crippen LogP contribution in [0, 0.1) is 11.3 Å². The monoisotopic (exact) mass is 231 g/mol. The van der Waals surface area contributed by atoms with Crippen LogP contribution in [-0.4, -0.2) is 21.2 Å². The van der Waals surface area contributed by atoms with E-state index in [4.69, 9.17) is 5.26 Å². The fourth-order valence-corrected chi connectivity index (χ4v) is 3.55. The zero-order valence-electron chi connectivity index (χ0n) is 7.35. The van der Waals surface area contributed by atoms with Crippen LogP contribution in [0.25, 0.3) is 0 Å². The predicted molar refractivity (Wildman–Crippen MR) is 57.2 cm³/mol. The highest BCUT2D eigenvalue weighted by Gasteiger charge is 2.08. The molecule has 0 aliphatic carbocycles. The molecule has 0 radical (unpaired) electrons. The molecular formula is C7H9N3S3. The summed E-state index contributed by atoms with van der Waals surface area (Å²) in [7, 11) is 0. The number of thioether (sulfide) groups is 2. The number of nitriles is 1. The fourth-order valence-electron chi connectivity index (χ4n) is 0.604. The van der Waals surface area contributed by atoms with Crippen LogP contribution in [0.2, 0.25) is 0 Å². The van der Waals surface area contributed by atoms with Gasteiger partial charge in [-0.2, -0.15) is 5.26 Å². The lowest BCUT2D eigenvalue weighted by Gasteiger charge is -1.93. The first kappa shape index (κ1) is 10.8. The minimum atomic E-state index is -0.0487. The van der Waals surface area contributed by atoms with Crippen molar-refractivity contribution in [1.29, 1.82) is 5.26 Å². The van der Waals surface area contributed by atoms with Gasteiger partial charge in [0.25, 0.3) is 0 Å². The molecule has 0 N–H and O–H groups in total. The Morgan fingerprint density at radius 2 is 2.23 bits per heavy atom. The number of hydrogen-bond acceptors (Lipinski definition) is 6. The van der Waals surface area contributed by atoms with E-state index in [0.29, 0.717) is 0 Å². The summed E-state index contributed by atoms with van der Waals surface area (Å²) < 4.78 is 1.86. The summed E-state index contributed by atoms with van der Waals surface area (Å²) in [5.74, 6) is 1.01. The first-order valence-corrected chi connectivity index (χ1v) is 6.47. The van der Waals surface area contributed by atoms with Crippen molar-refractivity contribution in [2.24, 2.45) is 0 Å². The number of rotatable bonds is 4. The maximum atomic E-state index is 8.59. The van der Waals surface area contributed by atoms with Gasteiger partial charge in [-0.25, -0.2) is 0 Å². The molecule has 1 unspecified atom stereocenters. The van der Waals surface area contributed by atoms with Crippen LogP contribution in [0.3, 0.4) is 0 Å². The van der Waals surface area contributed by atoms with Gasteiger partial charge in [-0.1, -0.05) is 41.8 Å². The van der Waals surface area contributed by atoms with Gasteiger partial charge in [0.2, 0.25) is 0 Å². The smallest absolute Gasteiger partial charge is 0.176 e. The highest BCUT2D eigenvalue weighted by molar-refractivity contribution is 8.03. The molecule has 0 fully saturated rings. The molecule has 70 valence electrons. The van der Waals surface area contributed by atoms with Crippen LogP contribution in [0.15, 0.2) is 8.68 Å². The van der Waals surface area contributed by atoms with Gasteiger partial charge in [-0.15, -0.1) is 10.2 Å². The molecule has 13 heavy (non-hydrogen) atoms. The zero-order chi connectivity index (χ0) is 9.68. The Hall–Kier alpha value is -0.250. The van der Waals surface area contributed by atoms with Crippen molar-refractivity contribution in [1.82, 2.24) is 10.2 Å². The molecule has 3 nitrogen and oxygen atoms in total. The van der Waals surface area contributed by atoms with Crippen LogP contribution in [0.1, 0.15) is 13.8 Å². The van der Waals surface area contributed by atoms with Crippen molar-refractivity contribution in [2.75, 3.05) is 5.75 Å². The third-order valence-electron chi connectivity index (χ3n) is 1.12. The summed E-state index contributed by atoms with van der Waals surface area (Å²) in [4.78, 5) is 0. The quantitative estimate of drug-likeness (QED) is 0.746. The van der Waals surface area contributed by atoms with Gasteiger partial charge in [-0.3, -0.25) is 0 Å². The summed E-state index contributed by atoms with van der Waals surface area (Å²) in [6.07, 6.45) is 0. The molecule has 0 aromatic carbocycles. The predicted octanol–water partition coefficient (Wildman–Crippen LogP) is 2.65. The maximum absolute atomic E-state index is 8.59. The highest BCUT2D eigenvalue weighted by atomic mass is 32.2. The number of hydrogen-bond donors (Lipinski definition) is 0. The van der Waals surface area contributed by atoms with E-state index in [1.54, 1.807) is 23.1 Å². The van der Waals surface area contributed by atoms with E-state index in [-0.39, 0.29) is 5.25 Å². The molecule has 0 bridgehead atoms. The average molecular weight is 231 g/mol. The Morgan fingerprint density at radius 3 is 2.85 bits per heavy atom. The van der Waals surface area contributed by atoms with Gasteiger partial charge in [-0.05, 0) is 12.7 Å². The molecule has 0 spiro atoms. The molecule has 0 saturated heterocycles. The van der Waals surface area contributed by atoms with Crippen LogP contribution < -0.4 is 0 Å². The molecule has 1 heterocycles. The molecule has 1 aromatic rings. The molecule has 0 saturated carbocycles. The van der Waals surface area contributed by atoms with Crippen molar-refractivity contribution >= 4 is 34.9 Å². The van der Waals surface area contributed by atoms with E-state index in [2.05, 4.69) is 23.2 Å². The van der Waals surface area contributed by atoms with E-state index in [0.717, 1.165) is 14.4 Å². The Bertz CT molecular complexity index is 304. The van der Waals surface area contributed by atoms with Crippen LogP contribution in [-0.2, 0) is 0 Å². The van der Waals surface area contributed by atoms with E-state index in [9.17, 15) is 0 Å². The molecular weight excluding hydrogens is 222 g/mol. The minimum absolute atomic E-state index is 0.0487.